The Morgan fingerprint density at radius 1 is 0.971 bits per heavy atom. The van der Waals surface area contributed by atoms with E-state index in [9.17, 15) is 14.4 Å². The van der Waals surface area contributed by atoms with Crippen molar-refractivity contribution in [1.29, 1.82) is 0 Å². The Morgan fingerprint density at radius 3 is 2.38 bits per heavy atom. The minimum Gasteiger partial charge on any atom is -0.490 e. The Balaban J connectivity index is 1.90. The smallest absolute Gasteiger partial charge is 0.335 e. The third kappa shape index (κ3) is 6.27. The lowest BCUT2D eigenvalue weighted by Gasteiger charge is -2.26. The standard InChI is InChI=1S/C25H26Br2N2O5/c1-3-5-6-7-12-34-22-20(27)14-16(15-21(22)33-4-2)13-19-23(30)28-25(32)29(24(19)31)18-10-8-17(26)9-11-18/h8-11,13-15H,3-7,12H2,1-2H3,(H,28,30,32)/b19-13+. The highest BCUT2D eigenvalue weighted by molar-refractivity contribution is 9.10. The van der Waals surface area contributed by atoms with Crippen molar-refractivity contribution in [3.05, 3.63) is 56.5 Å². The van der Waals surface area contributed by atoms with E-state index < -0.39 is 17.8 Å². The second-order valence-corrected chi connectivity index (χ2v) is 9.38. The molecule has 0 aromatic heterocycles. The van der Waals surface area contributed by atoms with Gasteiger partial charge in [0.1, 0.15) is 5.57 Å². The fourth-order valence-electron chi connectivity index (χ4n) is 3.43. The summed E-state index contributed by atoms with van der Waals surface area (Å²) in [5, 5.41) is 2.23. The summed E-state index contributed by atoms with van der Waals surface area (Å²) in [6.07, 6.45) is 5.77. The molecule has 1 aliphatic rings. The quantitative estimate of drug-likeness (QED) is 0.200. The summed E-state index contributed by atoms with van der Waals surface area (Å²) in [7, 11) is 0. The summed E-state index contributed by atoms with van der Waals surface area (Å²) >= 11 is 6.85. The van der Waals surface area contributed by atoms with Gasteiger partial charge < -0.3 is 9.47 Å². The maximum atomic E-state index is 13.1. The summed E-state index contributed by atoms with van der Waals surface area (Å²) in [5.41, 5.74) is 0.745. The zero-order valence-electron chi connectivity index (χ0n) is 19.0. The van der Waals surface area contributed by atoms with Crippen LogP contribution in [0.5, 0.6) is 11.5 Å². The van der Waals surface area contributed by atoms with Gasteiger partial charge >= 0.3 is 6.03 Å². The lowest BCUT2D eigenvalue weighted by molar-refractivity contribution is -0.122. The van der Waals surface area contributed by atoms with Crippen molar-refractivity contribution in [3.8, 4) is 11.5 Å². The number of ether oxygens (including phenoxy) is 2. The van der Waals surface area contributed by atoms with Crippen molar-refractivity contribution in [1.82, 2.24) is 5.32 Å². The van der Waals surface area contributed by atoms with Gasteiger partial charge in [-0.3, -0.25) is 14.9 Å². The minimum atomic E-state index is -0.794. The number of hydrogen-bond donors (Lipinski definition) is 1. The average Bonchev–Trinajstić information content (AvgIpc) is 2.79. The molecule has 0 unspecified atom stereocenters. The number of benzene rings is 2. The normalized spacial score (nSPS) is 15.0. The number of amides is 4. The molecule has 0 radical (unpaired) electrons. The highest BCUT2D eigenvalue weighted by Gasteiger charge is 2.36. The topological polar surface area (TPSA) is 84.9 Å². The van der Waals surface area contributed by atoms with Crippen LogP contribution in [-0.4, -0.2) is 31.1 Å². The highest BCUT2D eigenvalue weighted by Crippen LogP contribution is 2.38. The van der Waals surface area contributed by atoms with Crippen molar-refractivity contribution in [2.45, 2.75) is 39.5 Å². The Kier molecular flexibility index (Phi) is 9.29. The molecule has 34 heavy (non-hydrogen) atoms. The third-order valence-corrected chi connectivity index (χ3v) is 6.19. The van der Waals surface area contributed by atoms with E-state index in [1.165, 1.54) is 6.08 Å². The van der Waals surface area contributed by atoms with Crippen molar-refractivity contribution >= 4 is 61.5 Å². The van der Waals surface area contributed by atoms with E-state index in [0.717, 1.165) is 35.1 Å². The molecule has 1 aliphatic heterocycles. The lowest BCUT2D eigenvalue weighted by Crippen LogP contribution is -2.54. The molecule has 0 aliphatic carbocycles. The number of hydrogen-bond acceptors (Lipinski definition) is 5. The van der Waals surface area contributed by atoms with E-state index >= 15 is 0 Å². The molecule has 9 heteroatoms. The molecule has 1 N–H and O–H groups in total. The Hall–Kier alpha value is -2.65. The van der Waals surface area contributed by atoms with E-state index in [0.29, 0.717) is 40.4 Å². The molecule has 0 bridgehead atoms. The van der Waals surface area contributed by atoms with Gasteiger partial charge in [-0.25, -0.2) is 9.69 Å². The number of barbiturate groups is 1. The largest absolute Gasteiger partial charge is 0.490 e. The number of imide groups is 2. The molecule has 4 amide bonds. The van der Waals surface area contributed by atoms with Crippen LogP contribution in [0.2, 0.25) is 0 Å². The molecular weight excluding hydrogens is 568 g/mol. The van der Waals surface area contributed by atoms with Crippen LogP contribution in [0.1, 0.15) is 45.1 Å². The van der Waals surface area contributed by atoms with Gasteiger partial charge in [0, 0.05) is 4.47 Å². The first-order chi connectivity index (χ1) is 16.3. The average molecular weight is 594 g/mol. The number of unbranched alkanes of at least 4 members (excludes halogenated alkanes) is 3. The van der Waals surface area contributed by atoms with Gasteiger partial charge in [0.25, 0.3) is 11.8 Å². The number of nitrogens with zero attached hydrogens (tertiary/aromatic N) is 1. The first-order valence-electron chi connectivity index (χ1n) is 11.1. The molecule has 2 aromatic rings. The number of rotatable bonds is 10. The maximum absolute atomic E-state index is 13.1. The fraction of sp³-hybridized carbons (Fsp3) is 0.320. The fourth-order valence-corrected chi connectivity index (χ4v) is 4.26. The second kappa shape index (κ2) is 12.2. The molecule has 7 nitrogen and oxygen atoms in total. The number of halogens is 2. The molecule has 180 valence electrons. The zero-order chi connectivity index (χ0) is 24.7. The van der Waals surface area contributed by atoms with Crippen molar-refractivity contribution in [2.75, 3.05) is 18.1 Å². The van der Waals surface area contributed by atoms with Gasteiger partial charge in [-0.05, 0) is 77.3 Å². The van der Waals surface area contributed by atoms with Crippen molar-refractivity contribution in [2.24, 2.45) is 0 Å². The summed E-state index contributed by atoms with van der Waals surface area (Å²) < 4.78 is 13.2. The van der Waals surface area contributed by atoms with Gasteiger partial charge in [-0.2, -0.15) is 0 Å². The number of carbonyl (C=O) groups excluding carboxylic acids is 3. The van der Waals surface area contributed by atoms with E-state index in [2.05, 4.69) is 44.1 Å². The number of nitrogens with one attached hydrogen (secondary N) is 1. The van der Waals surface area contributed by atoms with Crippen molar-refractivity contribution < 1.29 is 23.9 Å². The van der Waals surface area contributed by atoms with Crippen LogP contribution in [0, 0.1) is 0 Å². The highest BCUT2D eigenvalue weighted by atomic mass is 79.9. The zero-order valence-corrected chi connectivity index (χ0v) is 22.2. The van der Waals surface area contributed by atoms with E-state index in [1.54, 1.807) is 36.4 Å². The Morgan fingerprint density at radius 2 is 1.71 bits per heavy atom. The van der Waals surface area contributed by atoms with E-state index in [1.807, 2.05) is 6.92 Å². The molecule has 0 saturated carbocycles. The van der Waals surface area contributed by atoms with Gasteiger partial charge in [0.15, 0.2) is 11.5 Å². The van der Waals surface area contributed by atoms with E-state index in [-0.39, 0.29) is 5.57 Å². The van der Waals surface area contributed by atoms with Gasteiger partial charge in [0.2, 0.25) is 0 Å². The molecule has 0 atom stereocenters. The molecule has 2 aromatic carbocycles. The monoisotopic (exact) mass is 592 g/mol. The van der Waals surface area contributed by atoms with Gasteiger partial charge in [-0.1, -0.05) is 42.1 Å². The molecule has 1 heterocycles. The van der Waals surface area contributed by atoms with Crippen LogP contribution in [-0.2, 0) is 9.59 Å². The summed E-state index contributed by atoms with van der Waals surface area (Å²) in [6, 6.07) is 9.32. The minimum absolute atomic E-state index is 0.162. The molecular formula is C25H26Br2N2O5. The van der Waals surface area contributed by atoms with Crippen molar-refractivity contribution in [3.63, 3.8) is 0 Å². The molecule has 3 rings (SSSR count). The Labute approximate surface area is 215 Å². The maximum Gasteiger partial charge on any atom is 0.335 e. The van der Waals surface area contributed by atoms with Gasteiger partial charge in [-0.15, -0.1) is 0 Å². The van der Waals surface area contributed by atoms with Crippen LogP contribution >= 0.6 is 31.9 Å². The SMILES string of the molecule is CCCCCCOc1c(Br)cc(/C=C2\C(=O)NC(=O)N(c3ccc(Br)cc3)C2=O)cc1OCC. The summed E-state index contributed by atoms with van der Waals surface area (Å²) in [5.74, 6) is -0.384. The number of anilines is 1. The molecule has 1 saturated heterocycles. The number of carbonyl (C=O) groups is 3. The molecule has 0 spiro atoms. The Bertz CT molecular complexity index is 1100. The van der Waals surface area contributed by atoms with Crippen LogP contribution in [0.25, 0.3) is 6.08 Å². The van der Waals surface area contributed by atoms with Crippen LogP contribution in [0.3, 0.4) is 0 Å². The lowest BCUT2D eigenvalue weighted by atomic mass is 10.1. The third-order valence-electron chi connectivity index (χ3n) is 5.07. The van der Waals surface area contributed by atoms with Crippen LogP contribution in [0.15, 0.2) is 50.9 Å². The number of urea groups is 1. The first kappa shape index (κ1) is 26.0. The van der Waals surface area contributed by atoms with Crippen LogP contribution < -0.4 is 19.7 Å². The summed E-state index contributed by atoms with van der Waals surface area (Å²) in [4.78, 5) is 39.0. The molecule has 1 fully saturated rings. The van der Waals surface area contributed by atoms with Crippen LogP contribution in [0.4, 0.5) is 10.5 Å². The van der Waals surface area contributed by atoms with E-state index in [4.69, 9.17) is 9.47 Å². The second-order valence-electron chi connectivity index (χ2n) is 7.61. The first-order valence-corrected chi connectivity index (χ1v) is 12.7. The predicted octanol–water partition coefficient (Wildman–Crippen LogP) is 6.24. The van der Waals surface area contributed by atoms with Gasteiger partial charge in [0.05, 0.1) is 23.4 Å². The predicted molar refractivity (Wildman–Crippen MR) is 138 cm³/mol. The summed E-state index contributed by atoms with van der Waals surface area (Å²) in [6.45, 7) is 5.00.